The highest BCUT2D eigenvalue weighted by atomic mass is 32.1. The molecule has 0 saturated carbocycles. The van der Waals surface area contributed by atoms with Crippen molar-refractivity contribution in [2.24, 2.45) is 4.99 Å². The number of allylic oxidation sites excluding steroid dienone is 1. The summed E-state index contributed by atoms with van der Waals surface area (Å²) in [5.74, 6) is 0.0695. The van der Waals surface area contributed by atoms with Gasteiger partial charge in [-0.2, -0.15) is 0 Å². The second-order valence-electron chi connectivity index (χ2n) is 9.32. The molecule has 1 N–H and O–H groups in total. The van der Waals surface area contributed by atoms with Gasteiger partial charge in [0.25, 0.3) is 5.56 Å². The van der Waals surface area contributed by atoms with Crippen molar-refractivity contribution in [1.82, 2.24) is 4.57 Å². The third-order valence-electron chi connectivity index (χ3n) is 6.66. The van der Waals surface area contributed by atoms with E-state index >= 15 is 0 Å². The van der Waals surface area contributed by atoms with Crippen LogP contribution in [0.5, 0.6) is 11.5 Å². The largest absolute Gasteiger partial charge is 0.507 e. The summed E-state index contributed by atoms with van der Waals surface area (Å²) in [7, 11) is 1.53. The topological polar surface area (TPSA) is 99.4 Å². The number of aromatic nitrogens is 1. The maximum atomic E-state index is 14.1. The summed E-state index contributed by atoms with van der Waals surface area (Å²) in [6.45, 7) is 4.54. The van der Waals surface area contributed by atoms with Crippen molar-refractivity contribution in [1.29, 1.82) is 0 Å². The van der Waals surface area contributed by atoms with Gasteiger partial charge in [-0.25, -0.2) is 9.79 Å². The van der Waals surface area contributed by atoms with Crippen LogP contribution >= 0.6 is 11.3 Å². The highest BCUT2D eigenvalue weighted by molar-refractivity contribution is 7.07. The maximum Gasteiger partial charge on any atom is 0.338 e. The number of phenols is 1. The Kier molecular flexibility index (Phi) is 8.14. The summed E-state index contributed by atoms with van der Waals surface area (Å²) in [5.41, 5.74) is 1.58. The number of hydrogen-bond donors (Lipinski definition) is 1. The SMILES string of the molecule is CCCOc1ccccc1[C@@H]1C(C(=O)OCCOC)=C(C)N=c2s/c(=C/c3c(O)ccc4ccccc34)c(=O)n21. The van der Waals surface area contributed by atoms with Crippen LogP contribution < -0.4 is 19.6 Å². The quantitative estimate of drug-likeness (QED) is 0.246. The van der Waals surface area contributed by atoms with Crippen molar-refractivity contribution in [2.75, 3.05) is 26.9 Å². The molecule has 0 spiro atoms. The smallest absolute Gasteiger partial charge is 0.338 e. The minimum Gasteiger partial charge on any atom is -0.507 e. The number of benzene rings is 3. The van der Waals surface area contributed by atoms with E-state index in [1.54, 1.807) is 19.1 Å². The molecule has 9 heteroatoms. The van der Waals surface area contributed by atoms with Gasteiger partial charge >= 0.3 is 5.97 Å². The predicted octanol–water partition coefficient (Wildman–Crippen LogP) is 4.07. The molecule has 0 unspecified atom stereocenters. The molecule has 0 saturated heterocycles. The lowest BCUT2D eigenvalue weighted by atomic mass is 9.95. The van der Waals surface area contributed by atoms with Gasteiger partial charge in [0.1, 0.15) is 24.1 Å². The first-order valence-electron chi connectivity index (χ1n) is 13.1. The first-order valence-corrected chi connectivity index (χ1v) is 13.9. The number of para-hydroxylation sites is 1. The van der Waals surface area contributed by atoms with Gasteiger partial charge in [0, 0.05) is 18.2 Å². The number of hydrogen-bond acceptors (Lipinski definition) is 8. The third kappa shape index (κ3) is 5.17. The first kappa shape index (κ1) is 27.4. The minimum absolute atomic E-state index is 0.0671. The van der Waals surface area contributed by atoms with Crippen LogP contribution in [0, 0.1) is 0 Å². The summed E-state index contributed by atoms with van der Waals surface area (Å²) in [6.07, 6.45) is 2.49. The highest BCUT2D eigenvalue weighted by Gasteiger charge is 2.35. The molecule has 1 aliphatic rings. The standard InChI is InChI=1S/C31H30N2O6S/c1-4-15-38-25-12-8-7-11-22(25)28-27(30(36)39-17-16-37-3)19(2)32-31-33(28)29(35)26(40-31)18-23-21-10-6-5-9-20(21)13-14-24(23)34/h5-14,18,28,34H,4,15-17H2,1-3H3/b26-18+/t28-/m1/s1. The van der Waals surface area contributed by atoms with Crippen LogP contribution in [-0.2, 0) is 14.3 Å². The van der Waals surface area contributed by atoms with Crippen LogP contribution in [0.4, 0.5) is 0 Å². The number of nitrogens with zero attached hydrogens (tertiary/aromatic N) is 2. The zero-order valence-electron chi connectivity index (χ0n) is 22.5. The van der Waals surface area contributed by atoms with Gasteiger partial charge in [-0.15, -0.1) is 0 Å². The summed E-state index contributed by atoms with van der Waals surface area (Å²) in [4.78, 5) is 32.6. The minimum atomic E-state index is -0.817. The molecule has 4 aromatic rings. The van der Waals surface area contributed by atoms with Gasteiger partial charge in [0.2, 0.25) is 0 Å². The molecule has 1 atom stereocenters. The van der Waals surface area contributed by atoms with E-state index in [0.717, 1.165) is 17.2 Å². The van der Waals surface area contributed by atoms with Gasteiger partial charge < -0.3 is 19.3 Å². The van der Waals surface area contributed by atoms with E-state index in [-0.39, 0.29) is 30.1 Å². The van der Waals surface area contributed by atoms with Crippen molar-refractivity contribution in [3.63, 3.8) is 0 Å². The van der Waals surface area contributed by atoms with Crippen LogP contribution in [0.25, 0.3) is 16.8 Å². The first-order chi connectivity index (χ1) is 19.4. The molecule has 0 bridgehead atoms. The highest BCUT2D eigenvalue weighted by Crippen LogP contribution is 2.36. The Labute approximate surface area is 235 Å². The fourth-order valence-electron chi connectivity index (χ4n) is 4.79. The van der Waals surface area contributed by atoms with E-state index in [4.69, 9.17) is 14.2 Å². The molecular weight excluding hydrogens is 528 g/mol. The lowest BCUT2D eigenvalue weighted by Crippen LogP contribution is -2.40. The van der Waals surface area contributed by atoms with Crippen molar-refractivity contribution >= 4 is 34.2 Å². The number of thiazole rings is 1. The molecule has 3 aromatic carbocycles. The fourth-order valence-corrected chi connectivity index (χ4v) is 5.82. The molecule has 0 fully saturated rings. The van der Waals surface area contributed by atoms with E-state index < -0.39 is 12.0 Å². The van der Waals surface area contributed by atoms with Crippen LogP contribution in [-0.4, -0.2) is 42.6 Å². The number of phenolic OH excluding ortho intramolecular Hbond substituents is 1. The molecule has 8 nitrogen and oxygen atoms in total. The second-order valence-corrected chi connectivity index (χ2v) is 10.3. The number of carbonyl (C=O) groups excluding carboxylic acids is 1. The molecule has 2 heterocycles. The molecule has 0 aliphatic carbocycles. The van der Waals surface area contributed by atoms with E-state index in [0.29, 0.717) is 38.5 Å². The second kappa shape index (κ2) is 11.9. The normalized spacial score (nSPS) is 15.2. The molecule has 1 aliphatic heterocycles. The number of methoxy groups -OCH3 is 1. The van der Waals surface area contributed by atoms with Gasteiger partial charge in [0.15, 0.2) is 4.80 Å². The monoisotopic (exact) mass is 558 g/mol. The number of aromatic hydroxyl groups is 1. The summed E-state index contributed by atoms with van der Waals surface area (Å²) >= 11 is 1.21. The van der Waals surface area contributed by atoms with Gasteiger partial charge in [-0.05, 0) is 42.3 Å². The number of rotatable bonds is 9. The summed E-state index contributed by atoms with van der Waals surface area (Å²) in [6, 6.07) is 17.7. The zero-order chi connectivity index (χ0) is 28.2. The van der Waals surface area contributed by atoms with E-state index in [1.807, 2.05) is 61.5 Å². The molecule has 206 valence electrons. The Hall–Kier alpha value is -4.21. The van der Waals surface area contributed by atoms with E-state index in [2.05, 4.69) is 4.99 Å². The summed E-state index contributed by atoms with van der Waals surface area (Å²) in [5, 5.41) is 12.5. The molecule has 0 radical (unpaired) electrons. The molecular formula is C31H30N2O6S. The molecule has 0 amide bonds. The Morgan fingerprint density at radius 3 is 2.65 bits per heavy atom. The van der Waals surface area contributed by atoms with Crippen molar-refractivity contribution in [3.8, 4) is 11.5 Å². The van der Waals surface area contributed by atoms with E-state index in [1.165, 1.54) is 23.0 Å². The number of carbonyl (C=O) groups is 1. The third-order valence-corrected chi connectivity index (χ3v) is 7.64. The molecule has 1 aromatic heterocycles. The number of ether oxygens (including phenoxy) is 3. The average Bonchev–Trinajstić information content (AvgIpc) is 3.27. The fraction of sp³-hybridized carbons (Fsp3) is 0.258. The Bertz CT molecular complexity index is 1790. The van der Waals surface area contributed by atoms with Crippen LogP contribution in [0.15, 0.2) is 81.7 Å². The summed E-state index contributed by atoms with van der Waals surface area (Å²) < 4.78 is 18.5. The lowest BCUT2D eigenvalue weighted by Gasteiger charge is -2.26. The predicted molar refractivity (Wildman–Crippen MR) is 154 cm³/mol. The molecule has 5 rings (SSSR count). The van der Waals surface area contributed by atoms with Crippen molar-refractivity contribution < 1.29 is 24.1 Å². The molecule has 40 heavy (non-hydrogen) atoms. The van der Waals surface area contributed by atoms with Crippen LogP contribution in [0.2, 0.25) is 0 Å². The van der Waals surface area contributed by atoms with Gasteiger partial charge in [0.05, 0.1) is 29.0 Å². The lowest BCUT2D eigenvalue weighted by molar-refractivity contribution is -0.140. The Morgan fingerprint density at radius 1 is 1.07 bits per heavy atom. The Morgan fingerprint density at radius 2 is 1.85 bits per heavy atom. The van der Waals surface area contributed by atoms with Crippen molar-refractivity contribution in [2.45, 2.75) is 26.3 Å². The van der Waals surface area contributed by atoms with E-state index in [9.17, 15) is 14.7 Å². The van der Waals surface area contributed by atoms with Crippen LogP contribution in [0.3, 0.4) is 0 Å². The van der Waals surface area contributed by atoms with Gasteiger partial charge in [-0.1, -0.05) is 66.8 Å². The zero-order valence-corrected chi connectivity index (χ0v) is 23.4. The van der Waals surface area contributed by atoms with Gasteiger partial charge in [-0.3, -0.25) is 9.36 Å². The Balaban J connectivity index is 1.73. The average molecular weight is 559 g/mol. The van der Waals surface area contributed by atoms with Crippen molar-refractivity contribution in [3.05, 3.63) is 103 Å². The van der Waals surface area contributed by atoms with Crippen LogP contribution in [0.1, 0.15) is 37.4 Å². The number of fused-ring (bicyclic) bond motifs is 2. The maximum absolute atomic E-state index is 14.1. The number of esters is 1.